The summed E-state index contributed by atoms with van der Waals surface area (Å²) in [7, 11) is 0. The molecule has 0 aliphatic rings. The largest absolute Gasteiger partial charge is 0.244 e. The Bertz CT molecular complexity index is 471. The number of halogens is 1. The number of rotatable bonds is 2. The SMILES string of the molecule is CCc1cc(-c2cccnc2Cl)ncn1. The maximum Gasteiger partial charge on any atom is 0.138 e. The van der Waals surface area contributed by atoms with Crippen molar-refractivity contribution in [2.75, 3.05) is 0 Å². The molecule has 76 valence electrons. The standard InChI is InChI=1S/C11H10ClN3/c1-2-8-6-10(15-7-14-8)9-4-3-5-13-11(9)12/h3-7H,2H2,1H3. The van der Waals surface area contributed by atoms with Gasteiger partial charge in [-0.1, -0.05) is 18.5 Å². The van der Waals surface area contributed by atoms with Crippen LogP contribution in [0.2, 0.25) is 5.15 Å². The second-order valence-corrected chi connectivity index (χ2v) is 3.45. The molecule has 0 spiro atoms. The van der Waals surface area contributed by atoms with E-state index in [2.05, 4.69) is 21.9 Å². The summed E-state index contributed by atoms with van der Waals surface area (Å²) >= 11 is 5.98. The van der Waals surface area contributed by atoms with Crippen molar-refractivity contribution in [2.45, 2.75) is 13.3 Å². The van der Waals surface area contributed by atoms with E-state index >= 15 is 0 Å². The van der Waals surface area contributed by atoms with Gasteiger partial charge in [0.05, 0.1) is 5.69 Å². The normalized spacial score (nSPS) is 10.3. The second-order valence-electron chi connectivity index (χ2n) is 3.09. The highest BCUT2D eigenvalue weighted by molar-refractivity contribution is 6.31. The molecule has 0 bridgehead atoms. The van der Waals surface area contributed by atoms with Gasteiger partial charge in [-0.05, 0) is 24.6 Å². The number of hydrogen-bond acceptors (Lipinski definition) is 3. The fourth-order valence-corrected chi connectivity index (χ4v) is 1.53. The van der Waals surface area contributed by atoms with Gasteiger partial charge in [0.2, 0.25) is 0 Å². The van der Waals surface area contributed by atoms with Crippen LogP contribution in [0.4, 0.5) is 0 Å². The monoisotopic (exact) mass is 219 g/mol. The first-order chi connectivity index (χ1) is 7.31. The summed E-state index contributed by atoms with van der Waals surface area (Å²) in [5.74, 6) is 0. The Morgan fingerprint density at radius 3 is 2.87 bits per heavy atom. The van der Waals surface area contributed by atoms with Gasteiger partial charge in [-0.15, -0.1) is 0 Å². The average Bonchev–Trinajstić information content (AvgIpc) is 2.30. The average molecular weight is 220 g/mol. The van der Waals surface area contributed by atoms with Crippen LogP contribution < -0.4 is 0 Å². The van der Waals surface area contributed by atoms with Crippen LogP contribution in [-0.2, 0) is 6.42 Å². The zero-order valence-corrected chi connectivity index (χ0v) is 9.07. The molecule has 2 aromatic rings. The fourth-order valence-electron chi connectivity index (χ4n) is 1.32. The fraction of sp³-hybridized carbons (Fsp3) is 0.182. The minimum absolute atomic E-state index is 0.471. The molecule has 0 atom stereocenters. The number of aromatic nitrogens is 3. The highest BCUT2D eigenvalue weighted by atomic mass is 35.5. The lowest BCUT2D eigenvalue weighted by Gasteiger charge is -2.03. The molecule has 0 unspecified atom stereocenters. The minimum Gasteiger partial charge on any atom is -0.244 e. The number of hydrogen-bond donors (Lipinski definition) is 0. The third-order valence-corrected chi connectivity index (χ3v) is 2.42. The zero-order valence-electron chi connectivity index (χ0n) is 8.31. The van der Waals surface area contributed by atoms with Crippen molar-refractivity contribution in [3.05, 3.63) is 41.6 Å². The number of aryl methyl sites for hydroxylation is 1. The Balaban J connectivity index is 2.49. The van der Waals surface area contributed by atoms with Gasteiger partial charge in [0, 0.05) is 17.5 Å². The van der Waals surface area contributed by atoms with Gasteiger partial charge < -0.3 is 0 Å². The molecule has 0 fully saturated rings. The lowest BCUT2D eigenvalue weighted by molar-refractivity contribution is 1.00. The van der Waals surface area contributed by atoms with E-state index in [0.29, 0.717) is 5.15 Å². The number of pyridine rings is 1. The Morgan fingerprint density at radius 1 is 1.27 bits per heavy atom. The van der Waals surface area contributed by atoms with Crippen LogP contribution in [0.3, 0.4) is 0 Å². The van der Waals surface area contributed by atoms with Crippen LogP contribution >= 0.6 is 11.6 Å². The summed E-state index contributed by atoms with van der Waals surface area (Å²) in [4.78, 5) is 12.3. The molecule has 0 N–H and O–H groups in total. The molecule has 2 heterocycles. The Morgan fingerprint density at radius 2 is 2.13 bits per heavy atom. The van der Waals surface area contributed by atoms with Crippen LogP contribution in [0.15, 0.2) is 30.7 Å². The molecular formula is C11H10ClN3. The van der Waals surface area contributed by atoms with E-state index in [1.54, 1.807) is 12.5 Å². The molecule has 0 saturated heterocycles. The lowest BCUT2D eigenvalue weighted by Crippen LogP contribution is -1.92. The molecule has 2 rings (SSSR count). The lowest BCUT2D eigenvalue weighted by atomic mass is 10.2. The Hall–Kier alpha value is -1.48. The van der Waals surface area contributed by atoms with Crippen molar-refractivity contribution in [3.63, 3.8) is 0 Å². The topological polar surface area (TPSA) is 38.7 Å². The van der Waals surface area contributed by atoms with Crippen LogP contribution in [0, 0.1) is 0 Å². The van der Waals surface area contributed by atoms with Gasteiger partial charge in [-0.25, -0.2) is 15.0 Å². The summed E-state index contributed by atoms with van der Waals surface area (Å²) in [5.41, 5.74) is 2.66. The van der Waals surface area contributed by atoms with E-state index in [-0.39, 0.29) is 0 Å². The van der Waals surface area contributed by atoms with E-state index in [4.69, 9.17) is 11.6 Å². The molecule has 0 amide bonds. The molecule has 0 saturated carbocycles. The van der Waals surface area contributed by atoms with Crippen molar-refractivity contribution >= 4 is 11.6 Å². The first-order valence-corrected chi connectivity index (χ1v) is 5.11. The summed E-state index contributed by atoms with van der Waals surface area (Å²) in [6, 6.07) is 5.68. The predicted octanol–water partition coefficient (Wildman–Crippen LogP) is 2.75. The van der Waals surface area contributed by atoms with E-state index < -0.39 is 0 Å². The predicted molar refractivity (Wildman–Crippen MR) is 59.7 cm³/mol. The molecule has 15 heavy (non-hydrogen) atoms. The highest BCUT2D eigenvalue weighted by Crippen LogP contribution is 2.23. The molecule has 0 aromatic carbocycles. The van der Waals surface area contributed by atoms with Gasteiger partial charge in [0.15, 0.2) is 0 Å². The van der Waals surface area contributed by atoms with Gasteiger partial charge >= 0.3 is 0 Å². The highest BCUT2D eigenvalue weighted by Gasteiger charge is 2.05. The summed E-state index contributed by atoms with van der Waals surface area (Å²) < 4.78 is 0. The van der Waals surface area contributed by atoms with Crippen LogP contribution in [-0.4, -0.2) is 15.0 Å². The summed E-state index contributed by atoms with van der Waals surface area (Å²) in [6.07, 6.45) is 4.10. The molecule has 2 aromatic heterocycles. The van der Waals surface area contributed by atoms with Gasteiger partial charge in [0.1, 0.15) is 11.5 Å². The third-order valence-electron chi connectivity index (χ3n) is 2.12. The Labute approximate surface area is 93.2 Å². The third kappa shape index (κ3) is 2.13. The van der Waals surface area contributed by atoms with Crippen molar-refractivity contribution < 1.29 is 0 Å². The summed E-state index contributed by atoms with van der Waals surface area (Å²) in [6.45, 7) is 2.05. The Kier molecular flexibility index (Phi) is 2.92. The smallest absolute Gasteiger partial charge is 0.138 e. The van der Waals surface area contributed by atoms with E-state index in [1.807, 2.05) is 18.2 Å². The molecule has 4 heteroatoms. The van der Waals surface area contributed by atoms with Gasteiger partial charge in [-0.3, -0.25) is 0 Å². The van der Waals surface area contributed by atoms with Crippen molar-refractivity contribution in [3.8, 4) is 11.3 Å². The molecule has 0 radical (unpaired) electrons. The number of nitrogens with zero attached hydrogens (tertiary/aromatic N) is 3. The van der Waals surface area contributed by atoms with E-state index in [0.717, 1.165) is 23.4 Å². The first kappa shape index (κ1) is 10.1. The minimum atomic E-state index is 0.471. The maximum absolute atomic E-state index is 5.98. The van der Waals surface area contributed by atoms with Gasteiger partial charge in [-0.2, -0.15) is 0 Å². The van der Waals surface area contributed by atoms with E-state index in [1.165, 1.54) is 0 Å². The first-order valence-electron chi connectivity index (χ1n) is 4.73. The van der Waals surface area contributed by atoms with Crippen LogP contribution in [0.5, 0.6) is 0 Å². The van der Waals surface area contributed by atoms with E-state index in [9.17, 15) is 0 Å². The maximum atomic E-state index is 5.98. The van der Waals surface area contributed by atoms with Crippen molar-refractivity contribution in [1.29, 1.82) is 0 Å². The quantitative estimate of drug-likeness (QED) is 0.729. The second kappa shape index (κ2) is 4.36. The van der Waals surface area contributed by atoms with Crippen molar-refractivity contribution in [2.24, 2.45) is 0 Å². The molecule has 0 aliphatic carbocycles. The zero-order chi connectivity index (χ0) is 10.7. The summed E-state index contributed by atoms with van der Waals surface area (Å²) in [5, 5.41) is 0.471. The van der Waals surface area contributed by atoms with Gasteiger partial charge in [0.25, 0.3) is 0 Å². The van der Waals surface area contributed by atoms with Crippen LogP contribution in [0.1, 0.15) is 12.6 Å². The molecule has 0 aliphatic heterocycles. The molecular weight excluding hydrogens is 210 g/mol. The van der Waals surface area contributed by atoms with Crippen LogP contribution in [0.25, 0.3) is 11.3 Å². The van der Waals surface area contributed by atoms with Crippen molar-refractivity contribution in [1.82, 2.24) is 15.0 Å². The molecule has 3 nitrogen and oxygen atoms in total.